The number of para-hydroxylation sites is 1. The van der Waals surface area contributed by atoms with Crippen LogP contribution in [0.25, 0.3) is 0 Å². The predicted octanol–water partition coefficient (Wildman–Crippen LogP) is 3.85. The molecule has 2 N–H and O–H groups in total. The number of aromatic carboxylic acids is 1. The normalized spacial score (nSPS) is 10.5. The minimum Gasteiger partial charge on any atom is -0.493 e. The molecule has 2 rings (SSSR count). The van der Waals surface area contributed by atoms with E-state index in [0.717, 1.165) is 36.3 Å². The number of carboxylic acids is 1. The van der Waals surface area contributed by atoms with Crippen molar-refractivity contribution in [3.8, 4) is 5.75 Å². The van der Waals surface area contributed by atoms with E-state index in [1.807, 2.05) is 30.3 Å². The summed E-state index contributed by atoms with van der Waals surface area (Å²) in [5.74, 6) is 0.0253. The number of hydrogen-bond acceptors (Lipinski definition) is 3. The van der Waals surface area contributed by atoms with Crippen molar-refractivity contribution in [3.63, 3.8) is 0 Å². The van der Waals surface area contributed by atoms with Gasteiger partial charge in [-0.2, -0.15) is 0 Å². The van der Waals surface area contributed by atoms with Gasteiger partial charge in [-0.05, 0) is 30.2 Å². The van der Waals surface area contributed by atoms with Gasteiger partial charge in [-0.3, -0.25) is 0 Å². The fourth-order valence-corrected chi connectivity index (χ4v) is 2.22. The number of ether oxygens (including phenoxy) is 1. The molecule has 2 aromatic rings. The van der Waals surface area contributed by atoms with Crippen LogP contribution in [0.15, 0.2) is 48.5 Å². The second kappa shape index (κ2) is 8.96. The Morgan fingerprint density at radius 3 is 2.52 bits per heavy atom. The zero-order chi connectivity index (χ0) is 16.5. The van der Waals surface area contributed by atoms with Gasteiger partial charge in [-0.1, -0.05) is 43.7 Å². The van der Waals surface area contributed by atoms with Gasteiger partial charge in [0.15, 0.2) is 0 Å². The van der Waals surface area contributed by atoms with Crippen LogP contribution in [0.1, 0.15) is 41.3 Å². The first kappa shape index (κ1) is 17.0. The molecule has 0 aliphatic heterocycles. The molecule has 0 saturated heterocycles. The number of benzene rings is 2. The molecule has 0 unspecified atom stereocenters. The average Bonchev–Trinajstić information content (AvgIpc) is 2.57. The largest absolute Gasteiger partial charge is 0.493 e. The van der Waals surface area contributed by atoms with Gasteiger partial charge in [0.1, 0.15) is 5.75 Å². The Balaban J connectivity index is 1.87. The van der Waals surface area contributed by atoms with Crippen molar-refractivity contribution in [2.45, 2.75) is 32.9 Å². The van der Waals surface area contributed by atoms with Gasteiger partial charge in [0.25, 0.3) is 0 Å². The maximum absolute atomic E-state index is 10.8. The molecule has 0 fully saturated rings. The van der Waals surface area contributed by atoms with Crippen molar-refractivity contribution < 1.29 is 14.6 Å². The summed E-state index contributed by atoms with van der Waals surface area (Å²) in [6, 6.07) is 15.0. The van der Waals surface area contributed by atoms with Crippen LogP contribution in [0, 0.1) is 0 Å². The van der Waals surface area contributed by atoms with Gasteiger partial charge in [0.2, 0.25) is 0 Å². The molecule has 0 saturated carbocycles. The monoisotopic (exact) mass is 313 g/mol. The molecule has 122 valence electrons. The lowest BCUT2D eigenvalue weighted by Crippen LogP contribution is -2.14. The van der Waals surface area contributed by atoms with Crippen molar-refractivity contribution in [1.82, 2.24) is 5.32 Å². The maximum atomic E-state index is 10.8. The summed E-state index contributed by atoms with van der Waals surface area (Å²) in [5.41, 5.74) is 2.49. The second-order valence-corrected chi connectivity index (χ2v) is 5.42. The third kappa shape index (κ3) is 5.42. The minimum atomic E-state index is -0.900. The van der Waals surface area contributed by atoms with Gasteiger partial charge in [-0.15, -0.1) is 0 Å². The Bertz CT molecular complexity index is 623. The molecule has 2 aromatic carbocycles. The van der Waals surface area contributed by atoms with Crippen LogP contribution >= 0.6 is 0 Å². The third-order valence-corrected chi connectivity index (χ3v) is 3.57. The summed E-state index contributed by atoms with van der Waals surface area (Å²) in [6.07, 6.45) is 2.17. The molecule has 0 aliphatic carbocycles. The van der Waals surface area contributed by atoms with Crippen LogP contribution in [-0.4, -0.2) is 17.7 Å². The molecule has 0 radical (unpaired) electrons. The van der Waals surface area contributed by atoms with E-state index in [2.05, 4.69) is 18.3 Å². The van der Waals surface area contributed by atoms with Crippen LogP contribution in [0.4, 0.5) is 0 Å². The highest BCUT2D eigenvalue weighted by Crippen LogP contribution is 2.18. The van der Waals surface area contributed by atoms with Crippen molar-refractivity contribution in [3.05, 3.63) is 65.2 Å². The van der Waals surface area contributed by atoms with Crippen molar-refractivity contribution in [2.75, 3.05) is 6.61 Å². The van der Waals surface area contributed by atoms with E-state index in [1.165, 1.54) is 0 Å². The average molecular weight is 313 g/mol. The number of carbonyl (C=O) groups is 1. The Morgan fingerprint density at radius 1 is 1.09 bits per heavy atom. The molecule has 0 spiro atoms. The highest BCUT2D eigenvalue weighted by atomic mass is 16.5. The lowest BCUT2D eigenvalue weighted by molar-refractivity contribution is 0.0697. The van der Waals surface area contributed by atoms with E-state index in [0.29, 0.717) is 18.7 Å². The van der Waals surface area contributed by atoms with Crippen LogP contribution < -0.4 is 10.1 Å². The van der Waals surface area contributed by atoms with Gasteiger partial charge < -0.3 is 15.2 Å². The molecule has 23 heavy (non-hydrogen) atoms. The fraction of sp³-hybridized carbons (Fsp3) is 0.316. The number of carboxylic acid groups (broad SMARTS) is 1. The summed E-state index contributed by atoms with van der Waals surface area (Å²) in [4.78, 5) is 10.8. The fourth-order valence-electron chi connectivity index (χ4n) is 2.22. The van der Waals surface area contributed by atoms with E-state index >= 15 is 0 Å². The zero-order valence-electron chi connectivity index (χ0n) is 13.4. The number of unbranched alkanes of at least 4 members (excludes halogenated alkanes) is 1. The number of hydrogen-bond donors (Lipinski definition) is 2. The highest BCUT2D eigenvalue weighted by molar-refractivity contribution is 5.87. The number of rotatable bonds is 9. The summed E-state index contributed by atoms with van der Waals surface area (Å²) < 4.78 is 5.82. The molecule has 4 heteroatoms. The molecule has 0 bridgehead atoms. The lowest BCUT2D eigenvalue weighted by Gasteiger charge is -2.12. The molecular formula is C19H23NO3. The summed E-state index contributed by atoms with van der Waals surface area (Å²) in [7, 11) is 0. The molecule has 0 amide bonds. The van der Waals surface area contributed by atoms with Crippen molar-refractivity contribution >= 4 is 5.97 Å². The molecule has 0 atom stereocenters. The van der Waals surface area contributed by atoms with Crippen LogP contribution in [0.2, 0.25) is 0 Å². The van der Waals surface area contributed by atoms with Gasteiger partial charge >= 0.3 is 5.97 Å². The summed E-state index contributed by atoms with van der Waals surface area (Å²) in [6.45, 7) is 4.28. The summed E-state index contributed by atoms with van der Waals surface area (Å²) in [5, 5.41) is 12.3. The zero-order valence-corrected chi connectivity index (χ0v) is 13.4. The quantitative estimate of drug-likeness (QED) is 0.690. The Kier molecular flexibility index (Phi) is 6.63. The van der Waals surface area contributed by atoms with Crippen LogP contribution in [-0.2, 0) is 13.1 Å². The first-order valence-electron chi connectivity index (χ1n) is 7.94. The maximum Gasteiger partial charge on any atom is 0.335 e. The Labute approximate surface area is 137 Å². The molecule has 4 nitrogen and oxygen atoms in total. The van der Waals surface area contributed by atoms with Crippen LogP contribution in [0.3, 0.4) is 0 Å². The van der Waals surface area contributed by atoms with E-state index in [9.17, 15) is 4.79 Å². The lowest BCUT2D eigenvalue weighted by atomic mass is 10.1. The SMILES string of the molecule is CCCCOc1ccccc1CNCc1ccc(C(=O)O)cc1. The van der Waals surface area contributed by atoms with E-state index in [-0.39, 0.29) is 0 Å². The Morgan fingerprint density at radius 2 is 1.83 bits per heavy atom. The number of nitrogens with one attached hydrogen (secondary N) is 1. The Hall–Kier alpha value is -2.33. The third-order valence-electron chi connectivity index (χ3n) is 3.57. The summed E-state index contributed by atoms with van der Waals surface area (Å²) >= 11 is 0. The van der Waals surface area contributed by atoms with E-state index in [4.69, 9.17) is 9.84 Å². The van der Waals surface area contributed by atoms with Gasteiger partial charge in [-0.25, -0.2) is 4.79 Å². The topological polar surface area (TPSA) is 58.6 Å². The molecule has 0 aliphatic rings. The molecule has 0 heterocycles. The first-order valence-corrected chi connectivity index (χ1v) is 7.94. The minimum absolute atomic E-state index is 0.309. The second-order valence-electron chi connectivity index (χ2n) is 5.42. The predicted molar refractivity (Wildman–Crippen MR) is 90.8 cm³/mol. The van der Waals surface area contributed by atoms with E-state index in [1.54, 1.807) is 12.1 Å². The molecule has 0 aromatic heterocycles. The first-order chi connectivity index (χ1) is 11.2. The van der Waals surface area contributed by atoms with Crippen molar-refractivity contribution in [1.29, 1.82) is 0 Å². The van der Waals surface area contributed by atoms with Crippen molar-refractivity contribution in [2.24, 2.45) is 0 Å². The van der Waals surface area contributed by atoms with E-state index < -0.39 is 5.97 Å². The standard InChI is InChI=1S/C19H23NO3/c1-2-3-12-23-18-7-5-4-6-17(18)14-20-13-15-8-10-16(11-9-15)19(21)22/h4-11,20H,2-3,12-14H2,1H3,(H,21,22). The van der Waals surface area contributed by atoms with Gasteiger partial charge in [0, 0.05) is 18.7 Å². The highest BCUT2D eigenvalue weighted by Gasteiger charge is 2.04. The smallest absolute Gasteiger partial charge is 0.335 e. The van der Waals surface area contributed by atoms with Gasteiger partial charge in [0.05, 0.1) is 12.2 Å². The van der Waals surface area contributed by atoms with Crippen LogP contribution in [0.5, 0.6) is 5.75 Å². The molecular weight excluding hydrogens is 290 g/mol.